The van der Waals surface area contributed by atoms with Crippen LogP contribution in [0, 0.1) is 11.6 Å². The molecule has 0 aliphatic heterocycles. The van der Waals surface area contributed by atoms with E-state index in [1.165, 1.54) is 36.4 Å². The Morgan fingerprint density at radius 1 is 0.889 bits per heavy atom. The number of carbonyl (C=O) groups is 1. The van der Waals surface area contributed by atoms with E-state index in [9.17, 15) is 13.6 Å². The fourth-order valence-corrected chi connectivity index (χ4v) is 1.49. The summed E-state index contributed by atoms with van der Waals surface area (Å²) in [7, 11) is 0. The van der Waals surface area contributed by atoms with Crippen molar-refractivity contribution in [1.29, 1.82) is 0 Å². The smallest absolute Gasteiger partial charge is 0.181 e. The number of carbonyl (C=O) groups excluding carboxylic acids is 1. The van der Waals surface area contributed by atoms with E-state index >= 15 is 0 Å². The quantitative estimate of drug-likeness (QED) is 0.840. The normalized spacial score (nSPS) is 10.1. The van der Waals surface area contributed by atoms with Gasteiger partial charge < -0.3 is 5.32 Å². The number of ketones is 1. The van der Waals surface area contributed by atoms with Gasteiger partial charge in [-0.25, -0.2) is 8.78 Å². The zero-order valence-electron chi connectivity index (χ0n) is 9.49. The molecule has 0 aromatic heterocycles. The highest BCUT2D eigenvalue weighted by atomic mass is 19.1. The Morgan fingerprint density at radius 3 is 1.94 bits per heavy atom. The predicted molar refractivity (Wildman–Crippen MR) is 65.6 cm³/mol. The zero-order chi connectivity index (χ0) is 13.0. The third-order valence-electron chi connectivity index (χ3n) is 2.46. The van der Waals surface area contributed by atoms with Crippen LogP contribution in [-0.4, -0.2) is 12.3 Å². The van der Waals surface area contributed by atoms with Gasteiger partial charge >= 0.3 is 0 Å². The SMILES string of the molecule is O=C(CNc1ccc(F)cc1)c1ccc(F)cc1. The second-order valence-corrected chi connectivity index (χ2v) is 3.79. The van der Waals surface area contributed by atoms with Crippen LogP contribution < -0.4 is 5.32 Å². The van der Waals surface area contributed by atoms with Crippen molar-refractivity contribution in [3.63, 3.8) is 0 Å². The van der Waals surface area contributed by atoms with Crippen LogP contribution in [0.2, 0.25) is 0 Å². The fraction of sp³-hybridized carbons (Fsp3) is 0.0714. The van der Waals surface area contributed by atoms with Gasteiger partial charge in [0.25, 0.3) is 0 Å². The van der Waals surface area contributed by atoms with Crippen molar-refractivity contribution in [2.75, 3.05) is 11.9 Å². The van der Waals surface area contributed by atoms with E-state index in [-0.39, 0.29) is 24.0 Å². The van der Waals surface area contributed by atoms with E-state index in [0.29, 0.717) is 11.3 Å². The minimum absolute atomic E-state index is 0.0806. The maximum atomic E-state index is 12.7. The molecule has 2 rings (SSSR count). The molecule has 0 fully saturated rings. The molecular weight excluding hydrogens is 236 g/mol. The third kappa shape index (κ3) is 3.13. The number of hydrogen-bond acceptors (Lipinski definition) is 2. The first kappa shape index (κ1) is 12.2. The predicted octanol–water partition coefficient (Wildman–Crippen LogP) is 3.26. The lowest BCUT2D eigenvalue weighted by Gasteiger charge is -2.05. The summed E-state index contributed by atoms with van der Waals surface area (Å²) < 4.78 is 25.3. The average Bonchev–Trinajstić information content (AvgIpc) is 2.38. The largest absolute Gasteiger partial charge is 0.378 e. The Labute approximate surface area is 103 Å². The topological polar surface area (TPSA) is 29.1 Å². The summed E-state index contributed by atoms with van der Waals surface area (Å²) in [6, 6.07) is 11.1. The summed E-state index contributed by atoms with van der Waals surface area (Å²) in [4.78, 5) is 11.7. The molecule has 1 N–H and O–H groups in total. The van der Waals surface area contributed by atoms with Crippen molar-refractivity contribution in [2.24, 2.45) is 0 Å². The van der Waals surface area contributed by atoms with Crippen LogP contribution in [0.25, 0.3) is 0 Å². The van der Waals surface area contributed by atoms with Crippen LogP contribution in [0.15, 0.2) is 48.5 Å². The standard InChI is InChI=1S/C14H11F2NO/c15-11-3-1-10(2-4-11)14(18)9-17-13-7-5-12(16)6-8-13/h1-8,17H,9H2. The van der Waals surface area contributed by atoms with Gasteiger partial charge in [-0.15, -0.1) is 0 Å². The zero-order valence-corrected chi connectivity index (χ0v) is 9.49. The Bertz CT molecular complexity index is 535. The van der Waals surface area contributed by atoms with Gasteiger partial charge in [0.1, 0.15) is 11.6 Å². The minimum Gasteiger partial charge on any atom is -0.378 e. The van der Waals surface area contributed by atoms with Crippen LogP contribution in [0.4, 0.5) is 14.5 Å². The van der Waals surface area contributed by atoms with Crippen molar-refractivity contribution >= 4 is 11.5 Å². The highest BCUT2D eigenvalue weighted by Gasteiger charge is 2.05. The molecule has 0 atom stereocenters. The van der Waals surface area contributed by atoms with Gasteiger partial charge in [0.15, 0.2) is 5.78 Å². The monoisotopic (exact) mass is 247 g/mol. The molecule has 18 heavy (non-hydrogen) atoms. The number of rotatable bonds is 4. The molecule has 0 saturated carbocycles. The first-order valence-electron chi connectivity index (χ1n) is 5.43. The number of benzene rings is 2. The van der Waals surface area contributed by atoms with E-state index in [1.54, 1.807) is 12.1 Å². The van der Waals surface area contributed by atoms with Gasteiger partial charge in [-0.05, 0) is 48.5 Å². The summed E-state index contributed by atoms with van der Waals surface area (Å²) >= 11 is 0. The molecule has 92 valence electrons. The number of halogens is 2. The van der Waals surface area contributed by atoms with E-state index < -0.39 is 0 Å². The molecule has 0 bridgehead atoms. The molecule has 0 aliphatic rings. The summed E-state index contributed by atoms with van der Waals surface area (Å²) in [5, 5.41) is 2.87. The Balaban J connectivity index is 1.96. The Hall–Kier alpha value is -2.23. The summed E-state index contributed by atoms with van der Waals surface area (Å²) in [6.07, 6.45) is 0. The van der Waals surface area contributed by atoms with Gasteiger partial charge in [0.05, 0.1) is 6.54 Å². The lowest BCUT2D eigenvalue weighted by atomic mass is 10.1. The number of hydrogen-bond donors (Lipinski definition) is 1. The van der Waals surface area contributed by atoms with Crippen LogP contribution in [0.3, 0.4) is 0 Å². The molecule has 2 nitrogen and oxygen atoms in total. The summed E-state index contributed by atoms with van der Waals surface area (Å²) in [6.45, 7) is 0.0806. The van der Waals surface area contributed by atoms with E-state index in [2.05, 4.69) is 5.32 Å². The van der Waals surface area contributed by atoms with Crippen LogP contribution >= 0.6 is 0 Å². The van der Waals surface area contributed by atoms with Crippen LogP contribution in [-0.2, 0) is 0 Å². The maximum absolute atomic E-state index is 12.7. The first-order valence-corrected chi connectivity index (χ1v) is 5.43. The number of nitrogens with one attached hydrogen (secondary N) is 1. The van der Waals surface area contributed by atoms with E-state index in [4.69, 9.17) is 0 Å². The second-order valence-electron chi connectivity index (χ2n) is 3.79. The molecule has 2 aromatic rings. The van der Waals surface area contributed by atoms with Crippen molar-refractivity contribution < 1.29 is 13.6 Å². The molecule has 0 amide bonds. The molecule has 0 heterocycles. The molecule has 4 heteroatoms. The highest BCUT2D eigenvalue weighted by molar-refractivity contribution is 5.98. The lowest BCUT2D eigenvalue weighted by Crippen LogP contribution is -2.13. The highest BCUT2D eigenvalue weighted by Crippen LogP contribution is 2.09. The molecule has 2 aromatic carbocycles. The maximum Gasteiger partial charge on any atom is 0.181 e. The minimum atomic E-state index is -0.377. The average molecular weight is 247 g/mol. The third-order valence-corrected chi connectivity index (χ3v) is 2.46. The van der Waals surface area contributed by atoms with Gasteiger partial charge in [-0.1, -0.05) is 0 Å². The fourth-order valence-electron chi connectivity index (χ4n) is 1.49. The molecule has 0 radical (unpaired) electrons. The second kappa shape index (κ2) is 5.40. The van der Waals surface area contributed by atoms with Crippen molar-refractivity contribution in [3.05, 3.63) is 65.7 Å². The van der Waals surface area contributed by atoms with Crippen molar-refractivity contribution in [1.82, 2.24) is 0 Å². The van der Waals surface area contributed by atoms with Gasteiger partial charge in [-0.3, -0.25) is 4.79 Å². The molecule has 0 unspecified atom stereocenters. The van der Waals surface area contributed by atoms with Crippen molar-refractivity contribution in [3.8, 4) is 0 Å². The lowest BCUT2D eigenvalue weighted by molar-refractivity contribution is 0.101. The summed E-state index contributed by atoms with van der Waals surface area (Å²) in [5.74, 6) is -0.859. The Kier molecular flexibility index (Phi) is 3.67. The first-order chi connectivity index (χ1) is 8.65. The van der Waals surface area contributed by atoms with Crippen LogP contribution in [0.1, 0.15) is 10.4 Å². The number of Topliss-reactive ketones (excluding diaryl/α,β-unsaturated/α-hetero) is 1. The van der Waals surface area contributed by atoms with Gasteiger partial charge in [0, 0.05) is 11.3 Å². The van der Waals surface area contributed by atoms with E-state index in [1.807, 2.05) is 0 Å². The Morgan fingerprint density at radius 2 is 1.39 bits per heavy atom. The number of anilines is 1. The van der Waals surface area contributed by atoms with Gasteiger partial charge in [-0.2, -0.15) is 0 Å². The molecule has 0 aliphatic carbocycles. The van der Waals surface area contributed by atoms with Crippen LogP contribution in [0.5, 0.6) is 0 Å². The summed E-state index contributed by atoms with van der Waals surface area (Å²) in [5.41, 5.74) is 1.10. The molecular formula is C14H11F2NO. The molecule has 0 saturated heterocycles. The molecule has 0 spiro atoms. The van der Waals surface area contributed by atoms with Crippen molar-refractivity contribution in [2.45, 2.75) is 0 Å². The van der Waals surface area contributed by atoms with E-state index in [0.717, 1.165) is 0 Å². The van der Waals surface area contributed by atoms with Gasteiger partial charge in [0.2, 0.25) is 0 Å².